The fraction of sp³-hybridized carbons (Fsp3) is 0.318. The fourth-order valence-corrected chi connectivity index (χ4v) is 3.60. The number of ether oxygens (including phenoxy) is 1. The van der Waals surface area contributed by atoms with Crippen LogP contribution < -0.4 is 10.1 Å². The summed E-state index contributed by atoms with van der Waals surface area (Å²) in [5.74, 6) is 1.42. The van der Waals surface area contributed by atoms with Crippen molar-refractivity contribution in [2.24, 2.45) is 0 Å². The van der Waals surface area contributed by atoms with Gasteiger partial charge in [0, 0.05) is 17.8 Å². The molecule has 0 aliphatic carbocycles. The number of carbonyl (C=O) groups excluding carboxylic acids is 1. The third-order valence-electron chi connectivity index (χ3n) is 5.14. The van der Waals surface area contributed by atoms with Crippen molar-refractivity contribution in [3.8, 4) is 17.1 Å². The lowest BCUT2D eigenvalue weighted by Crippen LogP contribution is -2.39. The van der Waals surface area contributed by atoms with E-state index in [1.165, 1.54) is 12.1 Å². The van der Waals surface area contributed by atoms with E-state index in [4.69, 9.17) is 9.26 Å². The van der Waals surface area contributed by atoms with Crippen molar-refractivity contribution < 1.29 is 18.4 Å². The molecule has 1 atom stereocenters. The van der Waals surface area contributed by atoms with Gasteiger partial charge in [-0.25, -0.2) is 4.39 Å². The number of nitrogens with zero attached hydrogens (tertiary/aromatic N) is 3. The molecule has 4 rings (SSSR count). The minimum Gasteiger partial charge on any atom is -0.497 e. The van der Waals surface area contributed by atoms with Crippen molar-refractivity contribution in [1.82, 2.24) is 15.0 Å². The first-order valence-electron chi connectivity index (χ1n) is 9.86. The zero-order valence-corrected chi connectivity index (χ0v) is 16.7. The van der Waals surface area contributed by atoms with Crippen LogP contribution in [0.2, 0.25) is 0 Å². The number of amides is 1. The molecule has 1 fully saturated rings. The third-order valence-corrected chi connectivity index (χ3v) is 5.14. The standard InChI is InChI=1S/C22H23FN4O3/c1-29-19-10-8-18(9-11-19)24-20(28)14-27-12-2-3-16(13-27)22-25-21(26-30-22)15-4-6-17(23)7-5-15/h4-11,16H,2-3,12-14H2,1H3,(H,24,28). The Kier molecular flexibility index (Phi) is 6.04. The van der Waals surface area contributed by atoms with Crippen molar-refractivity contribution in [3.05, 3.63) is 60.2 Å². The number of hydrogen-bond donors (Lipinski definition) is 1. The Morgan fingerprint density at radius 1 is 1.23 bits per heavy atom. The molecular formula is C22H23FN4O3. The largest absolute Gasteiger partial charge is 0.497 e. The van der Waals surface area contributed by atoms with Gasteiger partial charge in [-0.3, -0.25) is 9.69 Å². The number of methoxy groups -OCH3 is 1. The maximum atomic E-state index is 13.1. The zero-order chi connectivity index (χ0) is 20.9. The number of likely N-dealkylation sites (tertiary alicyclic amines) is 1. The predicted octanol–water partition coefficient (Wildman–Crippen LogP) is 3.70. The van der Waals surface area contributed by atoms with E-state index in [1.807, 2.05) is 12.1 Å². The minimum absolute atomic E-state index is 0.0641. The topological polar surface area (TPSA) is 80.5 Å². The molecule has 3 aromatic rings. The molecule has 7 nitrogen and oxygen atoms in total. The van der Waals surface area contributed by atoms with Gasteiger partial charge < -0.3 is 14.6 Å². The molecule has 0 saturated carbocycles. The van der Waals surface area contributed by atoms with E-state index >= 15 is 0 Å². The molecule has 156 valence electrons. The fourth-order valence-electron chi connectivity index (χ4n) is 3.60. The van der Waals surface area contributed by atoms with E-state index in [-0.39, 0.29) is 17.6 Å². The molecule has 1 aliphatic rings. The normalized spacial score (nSPS) is 16.9. The second-order valence-corrected chi connectivity index (χ2v) is 7.31. The molecule has 2 heterocycles. The maximum Gasteiger partial charge on any atom is 0.238 e. The van der Waals surface area contributed by atoms with Gasteiger partial charge >= 0.3 is 0 Å². The number of hydrogen-bond acceptors (Lipinski definition) is 6. The number of nitrogens with one attached hydrogen (secondary N) is 1. The molecule has 8 heteroatoms. The number of rotatable bonds is 6. The Bertz CT molecular complexity index is 988. The highest BCUT2D eigenvalue weighted by atomic mass is 19.1. The van der Waals surface area contributed by atoms with Gasteiger partial charge in [-0.05, 0) is 67.9 Å². The molecule has 1 amide bonds. The van der Waals surface area contributed by atoms with E-state index in [9.17, 15) is 9.18 Å². The third kappa shape index (κ3) is 4.83. The van der Waals surface area contributed by atoms with Crippen molar-refractivity contribution in [2.75, 3.05) is 32.1 Å². The van der Waals surface area contributed by atoms with Crippen LogP contribution in [0.15, 0.2) is 53.1 Å². The molecule has 0 bridgehead atoms. The van der Waals surface area contributed by atoms with E-state index in [0.717, 1.165) is 30.8 Å². The number of anilines is 1. The average molecular weight is 410 g/mol. The number of aromatic nitrogens is 2. The molecule has 1 N–H and O–H groups in total. The summed E-state index contributed by atoms with van der Waals surface area (Å²) >= 11 is 0. The Morgan fingerprint density at radius 2 is 2.00 bits per heavy atom. The molecule has 2 aromatic carbocycles. The quantitative estimate of drug-likeness (QED) is 0.667. The summed E-state index contributed by atoms with van der Waals surface area (Å²) in [4.78, 5) is 19.0. The van der Waals surface area contributed by atoms with Crippen molar-refractivity contribution >= 4 is 11.6 Å². The molecule has 1 aliphatic heterocycles. The van der Waals surface area contributed by atoms with Gasteiger partial charge in [-0.1, -0.05) is 5.16 Å². The second kappa shape index (κ2) is 9.04. The van der Waals surface area contributed by atoms with Crippen LogP contribution in [0.5, 0.6) is 5.75 Å². The molecule has 1 saturated heterocycles. The van der Waals surface area contributed by atoms with Gasteiger partial charge in [-0.15, -0.1) is 0 Å². The van der Waals surface area contributed by atoms with Crippen LogP contribution in [0.4, 0.5) is 10.1 Å². The highest BCUT2D eigenvalue weighted by Crippen LogP contribution is 2.27. The van der Waals surface area contributed by atoms with Crippen LogP contribution in [-0.4, -0.2) is 47.7 Å². The first-order valence-corrected chi connectivity index (χ1v) is 9.86. The summed E-state index contributed by atoms with van der Waals surface area (Å²) in [5.41, 5.74) is 1.44. The van der Waals surface area contributed by atoms with Gasteiger partial charge in [0.05, 0.1) is 19.6 Å². The highest BCUT2D eigenvalue weighted by Gasteiger charge is 2.27. The molecular weight excluding hydrogens is 387 g/mol. The van der Waals surface area contributed by atoms with Crippen LogP contribution in [0.25, 0.3) is 11.4 Å². The summed E-state index contributed by atoms with van der Waals surface area (Å²) in [6, 6.07) is 13.2. The summed E-state index contributed by atoms with van der Waals surface area (Å²) < 4.78 is 23.7. The van der Waals surface area contributed by atoms with E-state index in [0.29, 0.717) is 30.4 Å². The molecule has 30 heavy (non-hydrogen) atoms. The summed E-state index contributed by atoms with van der Waals surface area (Å²) in [7, 11) is 1.60. The Balaban J connectivity index is 1.35. The summed E-state index contributed by atoms with van der Waals surface area (Å²) in [6.45, 7) is 1.80. The van der Waals surface area contributed by atoms with Crippen molar-refractivity contribution in [1.29, 1.82) is 0 Å². The number of benzene rings is 2. The minimum atomic E-state index is -0.307. The Labute approximate surface area is 173 Å². The smallest absolute Gasteiger partial charge is 0.238 e. The monoisotopic (exact) mass is 410 g/mol. The van der Waals surface area contributed by atoms with Gasteiger partial charge in [0.2, 0.25) is 17.6 Å². The van der Waals surface area contributed by atoms with Crippen LogP contribution >= 0.6 is 0 Å². The van der Waals surface area contributed by atoms with Crippen LogP contribution in [0, 0.1) is 5.82 Å². The van der Waals surface area contributed by atoms with Gasteiger partial charge in [-0.2, -0.15) is 4.98 Å². The van der Waals surface area contributed by atoms with Crippen LogP contribution in [0.3, 0.4) is 0 Å². The second-order valence-electron chi connectivity index (χ2n) is 7.31. The average Bonchev–Trinajstić information content (AvgIpc) is 3.25. The lowest BCUT2D eigenvalue weighted by atomic mass is 9.98. The van der Waals surface area contributed by atoms with Gasteiger partial charge in [0.25, 0.3) is 0 Å². The number of halogens is 1. The van der Waals surface area contributed by atoms with E-state index < -0.39 is 0 Å². The Morgan fingerprint density at radius 3 is 2.73 bits per heavy atom. The molecule has 1 aromatic heterocycles. The number of carbonyl (C=O) groups is 1. The van der Waals surface area contributed by atoms with E-state index in [2.05, 4.69) is 20.4 Å². The van der Waals surface area contributed by atoms with Gasteiger partial charge in [0.15, 0.2) is 0 Å². The summed E-state index contributed by atoms with van der Waals surface area (Å²) in [6.07, 6.45) is 1.86. The zero-order valence-electron chi connectivity index (χ0n) is 16.7. The molecule has 1 unspecified atom stereocenters. The molecule has 0 spiro atoms. The number of piperidine rings is 1. The van der Waals surface area contributed by atoms with Crippen molar-refractivity contribution in [2.45, 2.75) is 18.8 Å². The first kappa shape index (κ1) is 20.0. The van der Waals surface area contributed by atoms with Crippen LogP contribution in [-0.2, 0) is 4.79 Å². The Hall–Kier alpha value is -3.26. The molecule has 0 radical (unpaired) electrons. The van der Waals surface area contributed by atoms with Crippen LogP contribution in [0.1, 0.15) is 24.7 Å². The first-order chi connectivity index (χ1) is 14.6. The lowest BCUT2D eigenvalue weighted by Gasteiger charge is -2.30. The predicted molar refractivity (Wildman–Crippen MR) is 110 cm³/mol. The maximum absolute atomic E-state index is 13.1. The van der Waals surface area contributed by atoms with Crippen molar-refractivity contribution in [3.63, 3.8) is 0 Å². The lowest BCUT2D eigenvalue weighted by molar-refractivity contribution is -0.117. The van der Waals surface area contributed by atoms with Gasteiger partial charge in [0.1, 0.15) is 11.6 Å². The highest BCUT2D eigenvalue weighted by molar-refractivity contribution is 5.92. The SMILES string of the molecule is COc1ccc(NC(=O)CN2CCCC(c3nc(-c4ccc(F)cc4)no3)C2)cc1. The van der Waals surface area contributed by atoms with E-state index in [1.54, 1.807) is 31.4 Å². The summed E-state index contributed by atoms with van der Waals surface area (Å²) in [5, 5.41) is 6.94.